The normalized spacial score (nSPS) is 19.2. The zero-order valence-corrected chi connectivity index (χ0v) is 11.9. The van der Waals surface area contributed by atoms with Crippen LogP contribution < -0.4 is 5.32 Å². The molecule has 2 nitrogen and oxygen atoms in total. The van der Waals surface area contributed by atoms with Crippen molar-refractivity contribution in [2.45, 2.75) is 39.2 Å². The quantitative estimate of drug-likeness (QED) is 0.802. The fourth-order valence-electron chi connectivity index (χ4n) is 2.17. The predicted molar refractivity (Wildman–Crippen MR) is 73.6 cm³/mol. The average Bonchev–Trinajstić information content (AvgIpc) is 2.97. The zero-order valence-electron chi connectivity index (χ0n) is 11.1. The van der Waals surface area contributed by atoms with E-state index in [0.717, 1.165) is 13.2 Å². The lowest BCUT2D eigenvalue weighted by Crippen LogP contribution is -2.27. The Balaban J connectivity index is 1.78. The van der Waals surface area contributed by atoms with Crippen molar-refractivity contribution >= 4 is 11.3 Å². The number of ether oxygens (including phenoxy) is 1. The van der Waals surface area contributed by atoms with Crippen LogP contribution in [0.15, 0.2) is 12.1 Å². The number of rotatable bonds is 7. The van der Waals surface area contributed by atoms with Gasteiger partial charge in [-0.15, -0.1) is 11.3 Å². The molecule has 0 amide bonds. The van der Waals surface area contributed by atoms with Crippen LogP contribution >= 0.6 is 11.3 Å². The van der Waals surface area contributed by atoms with Crippen molar-refractivity contribution in [1.29, 1.82) is 0 Å². The summed E-state index contributed by atoms with van der Waals surface area (Å²) in [6, 6.07) is 4.93. The van der Waals surface area contributed by atoms with E-state index in [1.807, 2.05) is 11.3 Å². The molecule has 1 unspecified atom stereocenters. The molecule has 1 heterocycles. The van der Waals surface area contributed by atoms with E-state index in [1.165, 1.54) is 29.0 Å². The molecule has 1 aromatic heterocycles. The molecule has 0 aromatic carbocycles. The fourth-order valence-corrected chi connectivity index (χ4v) is 3.07. The van der Waals surface area contributed by atoms with Crippen molar-refractivity contribution in [2.24, 2.45) is 5.41 Å². The van der Waals surface area contributed by atoms with Crippen LogP contribution in [0.4, 0.5) is 0 Å². The van der Waals surface area contributed by atoms with Gasteiger partial charge in [-0.05, 0) is 50.7 Å². The number of hydrogen-bond donors (Lipinski definition) is 1. The molecule has 1 aromatic rings. The van der Waals surface area contributed by atoms with Gasteiger partial charge in [0.2, 0.25) is 0 Å². The minimum atomic E-state index is 0.480. The summed E-state index contributed by atoms with van der Waals surface area (Å²) in [6.45, 7) is 6.46. The number of nitrogens with one attached hydrogen (secondary N) is 1. The number of hydrogen-bond acceptors (Lipinski definition) is 3. The van der Waals surface area contributed by atoms with E-state index in [4.69, 9.17) is 4.74 Å². The molecule has 1 saturated carbocycles. The number of aryl methyl sites for hydroxylation is 1. The van der Waals surface area contributed by atoms with Gasteiger partial charge in [-0.2, -0.15) is 0 Å². The second kappa shape index (κ2) is 5.51. The lowest BCUT2D eigenvalue weighted by atomic mass is 10.0. The second-order valence-corrected chi connectivity index (χ2v) is 6.61. The van der Waals surface area contributed by atoms with Crippen molar-refractivity contribution in [3.63, 3.8) is 0 Å². The van der Waals surface area contributed by atoms with Gasteiger partial charge in [0.15, 0.2) is 0 Å². The summed E-state index contributed by atoms with van der Waals surface area (Å²) >= 11 is 1.90. The molecule has 1 atom stereocenters. The van der Waals surface area contributed by atoms with Crippen LogP contribution in [0.2, 0.25) is 0 Å². The third kappa shape index (κ3) is 3.54. The van der Waals surface area contributed by atoms with Crippen LogP contribution in [0.25, 0.3) is 0 Å². The SMILES string of the molecule is COCCC1(CNC(C)c2ccc(C)s2)CC1. The lowest BCUT2D eigenvalue weighted by Gasteiger charge is -2.19. The Hall–Kier alpha value is -0.380. The van der Waals surface area contributed by atoms with Gasteiger partial charge in [-0.25, -0.2) is 0 Å². The van der Waals surface area contributed by atoms with Gasteiger partial charge in [0.05, 0.1) is 0 Å². The summed E-state index contributed by atoms with van der Waals surface area (Å²) in [6.07, 6.45) is 3.92. The molecule has 1 N–H and O–H groups in total. The highest BCUT2D eigenvalue weighted by molar-refractivity contribution is 7.12. The highest BCUT2D eigenvalue weighted by atomic mass is 32.1. The lowest BCUT2D eigenvalue weighted by molar-refractivity contribution is 0.170. The molecule has 0 saturated heterocycles. The maximum Gasteiger partial charge on any atom is 0.0468 e. The van der Waals surface area contributed by atoms with Gasteiger partial charge in [-0.1, -0.05) is 0 Å². The van der Waals surface area contributed by atoms with Gasteiger partial charge in [-0.3, -0.25) is 0 Å². The van der Waals surface area contributed by atoms with E-state index in [1.54, 1.807) is 7.11 Å². The maximum atomic E-state index is 5.19. The molecule has 0 bridgehead atoms. The first-order valence-electron chi connectivity index (χ1n) is 6.44. The Labute approximate surface area is 108 Å². The van der Waals surface area contributed by atoms with Gasteiger partial charge in [0.1, 0.15) is 0 Å². The Morgan fingerprint density at radius 2 is 2.24 bits per heavy atom. The van der Waals surface area contributed by atoms with Gasteiger partial charge >= 0.3 is 0 Å². The minimum Gasteiger partial charge on any atom is -0.385 e. The Morgan fingerprint density at radius 1 is 1.47 bits per heavy atom. The van der Waals surface area contributed by atoms with E-state index < -0.39 is 0 Å². The van der Waals surface area contributed by atoms with E-state index >= 15 is 0 Å². The smallest absolute Gasteiger partial charge is 0.0468 e. The van der Waals surface area contributed by atoms with Crippen molar-refractivity contribution in [3.05, 3.63) is 21.9 Å². The van der Waals surface area contributed by atoms with Crippen LogP contribution in [-0.4, -0.2) is 20.3 Å². The molecule has 0 spiro atoms. The molecule has 17 heavy (non-hydrogen) atoms. The molecule has 96 valence electrons. The number of thiophene rings is 1. The Bertz CT molecular complexity index is 357. The average molecular weight is 253 g/mol. The first-order valence-corrected chi connectivity index (χ1v) is 7.25. The molecule has 3 heteroatoms. The summed E-state index contributed by atoms with van der Waals surface area (Å²) in [4.78, 5) is 2.85. The standard InChI is InChI=1S/C14H23NOS/c1-11-4-5-13(17-11)12(2)15-10-14(6-7-14)8-9-16-3/h4-5,12,15H,6-10H2,1-3H3. The summed E-state index contributed by atoms with van der Waals surface area (Å²) < 4.78 is 5.19. The molecule has 1 aliphatic rings. The molecular weight excluding hydrogens is 230 g/mol. The summed E-state index contributed by atoms with van der Waals surface area (Å²) in [5.41, 5.74) is 0.538. The van der Waals surface area contributed by atoms with Gasteiger partial charge in [0, 0.05) is 36.1 Å². The highest BCUT2D eigenvalue weighted by Crippen LogP contribution is 2.48. The van der Waals surface area contributed by atoms with Crippen molar-refractivity contribution < 1.29 is 4.74 Å². The summed E-state index contributed by atoms with van der Waals surface area (Å²) in [5.74, 6) is 0. The van der Waals surface area contributed by atoms with E-state index in [-0.39, 0.29) is 0 Å². The van der Waals surface area contributed by atoms with Crippen LogP contribution in [0.3, 0.4) is 0 Å². The van der Waals surface area contributed by atoms with Crippen molar-refractivity contribution in [3.8, 4) is 0 Å². The van der Waals surface area contributed by atoms with Gasteiger partial charge in [0.25, 0.3) is 0 Å². The largest absolute Gasteiger partial charge is 0.385 e. The van der Waals surface area contributed by atoms with Crippen LogP contribution in [0.5, 0.6) is 0 Å². The van der Waals surface area contributed by atoms with Crippen molar-refractivity contribution in [2.75, 3.05) is 20.3 Å². The minimum absolute atomic E-state index is 0.480. The van der Waals surface area contributed by atoms with E-state index in [0.29, 0.717) is 11.5 Å². The first kappa shape index (κ1) is 13.1. The Morgan fingerprint density at radius 3 is 2.76 bits per heavy atom. The molecule has 2 rings (SSSR count). The monoisotopic (exact) mass is 253 g/mol. The van der Waals surface area contributed by atoms with Crippen LogP contribution in [-0.2, 0) is 4.74 Å². The third-order valence-corrected chi connectivity index (χ3v) is 4.95. The van der Waals surface area contributed by atoms with Crippen LogP contribution in [0, 0.1) is 12.3 Å². The molecule has 0 radical (unpaired) electrons. The number of methoxy groups -OCH3 is 1. The summed E-state index contributed by atoms with van der Waals surface area (Å²) in [5, 5.41) is 3.68. The molecular formula is C14H23NOS. The molecule has 1 aliphatic carbocycles. The second-order valence-electron chi connectivity index (χ2n) is 5.29. The topological polar surface area (TPSA) is 21.3 Å². The third-order valence-electron chi connectivity index (χ3n) is 3.76. The predicted octanol–water partition coefficient (Wildman–Crippen LogP) is 3.52. The summed E-state index contributed by atoms with van der Waals surface area (Å²) in [7, 11) is 1.79. The zero-order chi connectivity index (χ0) is 12.3. The van der Waals surface area contributed by atoms with Crippen LogP contribution in [0.1, 0.15) is 42.0 Å². The fraction of sp³-hybridized carbons (Fsp3) is 0.714. The molecule has 0 aliphatic heterocycles. The van der Waals surface area contributed by atoms with Crippen molar-refractivity contribution in [1.82, 2.24) is 5.32 Å². The van der Waals surface area contributed by atoms with E-state index in [2.05, 4.69) is 31.3 Å². The molecule has 1 fully saturated rings. The maximum absolute atomic E-state index is 5.19. The highest BCUT2D eigenvalue weighted by Gasteiger charge is 2.41. The van der Waals surface area contributed by atoms with E-state index in [9.17, 15) is 0 Å². The first-order chi connectivity index (χ1) is 8.15. The Kier molecular flexibility index (Phi) is 4.23. The van der Waals surface area contributed by atoms with Gasteiger partial charge < -0.3 is 10.1 Å².